The SMILES string of the molecule is OB(O)O.Oc1ccc(F)c(F)c1O.[H-].[Li+]. The van der Waals surface area contributed by atoms with E-state index in [9.17, 15) is 8.78 Å². The molecule has 0 aromatic heterocycles. The Labute approximate surface area is 97.4 Å². The summed E-state index contributed by atoms with van der Waals surface area (Å²) < 4.78 is 24.3. The molecule has 0 atom stereocenters. The second-order valence-corrected chi connectivity index (χ2v) is 2.08. The van der Waals surface area contributed by atoms with E-state index in [1.54, 1.807) is 0 Å². The van der Waals surface area contributed by atoms with E-state index in [1.807, 2.05) is 0 Å². The van der Waals surface area contributed by atoms with Gasteiger partial charge < -0.3 is 26.7 Å². The van der Waals surface area contributed by atoms with Gasteiger partial charge in [0.2, 0.25) is 5.82 Å². The largest absolute Gasteiger partial charge is 1.00 e. The van der Waals surface area contributed by atoms with Crippen LogP contribution >= 0.6 is 0 Å². The van der Waals surface area contributed by atoms with Gasteiger partial charge in [-0.25, -0.2) is 4.39 Å². The minimum absolute atomic E-state index is 0. The Morgan fingerprint density at radius 3 is 1.80 bits per heavy atom. The molecule has 0 spiro atoms. The smallest absolute Gasteiger partial charge is 1.00 e. The molecule has 1 aromatic carbocycles. The fraction of sp³-hybridized carbons (Fsp3) is 0. The molecule has 0 unspecified atom stereocenters. The Kier molecular flexibility index (Phi) is 8.33. The van der Waals surface area contributed by atoms with Gasteiger partial charge in [0, 0.05) is 0 Å². The summed E-state index contributed by atoms with van der Waals surface area (Å²) in [5.74, 6) is -4.34. The van der Waals surface area contributed by atoms with Gasteiger partial charge in [-0.3, -0.25) is 0 Å². The van der Waals surface area contributed by atoms with Crippen LogP contribution in [0.5, 0.6) is 11.5 Å². The van der Waals surface area contributed by atoms with Crippen molar-refractivity contribution in [3.63, 3.8) is 0 Å². The minimum Gasteiger partial charge on any atom is -1.00 e. The average Bonchev–Trinajstić information content (AvgIpc) is 2.07. The van der Waals surface area contributed by atoms with E-state index < -0.39 is 30.5 Å². The number of rotatable bonds is 0. The Morgan fingerprint density at radius 1 is 1.07 bits per heavy atom. The summed E-state index contributed by atoms with van der Waals surface area (Å²) in [6, 6.07) is 1.60. The van der Waals surface area contributed by atoms with Crippen LogP contribution in [-0.2, 0) is 0 Å². The maximum absolute atomic E-state index is 12.2. The van der Waals surface area contributed by atoms with Gasteiger partial charge in [0.1, 0.15) is 0 Å². The van der Waals surface area contributed by atoms with Gasteiger partial charge in [-0.1, -0.05) is 0 Å². The van der Waals surface area contributed by atoms with E-state index in [2.05, 4.69) is 0 Å². The number of hydrogen-bond donors (Lipinski definition) is 5. The molecule has 0 saturated carbocycles. The van der Waals surface area contributed by atoms with Crippen molar-refractivity contribution < 1.29 is 54.4 Å². The Hall–Kier alpha value is -0.778. The van der Waals surface area contributed by atoms with E-state index >= 15 is 0 Å². The molecule has 15 heavy (non-hydrogen) atoms. The van der Waals surface area contributed by atoms with Crippen LogP contribution in [0.25, 0.3) is 0 Å². The van der Waals surface area contributed by atoms with Crippen molar-refractivity contribution >= 4 is 7.32 Å². The van der Waals surface area contributed by atoms with Crippen molar-refractivity contribution in [1.82, 2.24) is 0 Å². The fourth-order valence-electron chi connectivity index (χ4n) is 0.530. The fourth-order valence-corrected chi connectivity index (χ4v) is 0.530. The molecule has 0 heterocycles. The Morgan fingerprint density at radius 2 is 1.47 bits per heavy atom. The number of halogens is 2. The molecule has 5 N–H and O–H groups in total. The van der Waals surface area contributed by atoms with E-state index in [1.165, 1.54) is 0 Å². The van der Waals surface area contributed by atoms with E-state index in [4.69, 9.17) is 25.3 Å². The van der Waals surface area contributed by atoms with Crippen molar-refractivity contribution in [2.75, 3.05) is 0 Å². The second-order valence-electron chi connectivity index (χ2n) is 2.08. The minimum atomic E-state index is -2.17. The van der Waals surface area contributed by atoms with Gasteiger partial charge in [0.05, 0.1) is 0 Å². The average molecular weight is 216 g/mol. The second kappa shape index (κ2) is 7.51. The van der Waals surface area contributed by atoms with Crippen LogP contribution in [0.15, 0.2) is 12.1 Å². The van der Waals surface area contributed by atoms with Crippen LogP contribution < -0.4 is 18.9 Å². The zero-order chi connectivity index (χ0) is 11.3. The van der Waals surface area contributed by atoms with Crippen LogP contribution in [-0.4, -0.2) is 32.6 Å². The van der Waals surface area contributed by atoms with Crippen LogP contribution in [0.1, 0.15) is 1.43 Å². The summed E-state index contributed by atoms with van der Waals surface area (Å²) in [5, 5.41) is 38.6. The zero-order valence-electron chi connectivity index (χ0n) is 8.72. The molecule has 0 aliphatic rings. The third-order valence-corrected chi connectivity index (χ3v) is 1.05. The predicted molar refractivity (Wildman–Crippen MR) is 43.2 cm³/mol. The molecule has 0 amide bonds. The van der Waals surface area contributed by atoms with Crippen LogP contribution in [0.3, 0.4) is 0 Å². The summed E-state index contributed by atoms with van der Waals surface area (Å²) in [5.41, 5.74) is 0. The Balaban J connectivity index is -0.000000249. The van der Waals surface area contributed by atoms with Crippen molar-refractivity contribution in [2.24, 2.45) is 0 Å². The molecule has 1 rings (SSSR count). The number of phenols is 2. The molecule has 0 bridgehead atoms. The number of aromatic hydroxyl groups is 2. The van der Waals surface area contributed by atoms with E-state index in [0.717, 1.165) is 12.1 Å². The first kappa shape index (κ1) is 16.6. The summed E-state index contributed by atoms with van der Waals surface area (Å²) in [4.78, 5) is 0. The number of hydrogen-bond acceptors (Lipinski definition) is 5. The van der Waals surface area contributed by atoms with Crippen molar-refractivity contribution in [1.29, 1.82) is 0 Å². The molecule has 80 valence electrons. The van der Waals surface area contributed by atoms with Crippen molar-refractivity contribution in [2.45, 2.75) is 0 Å². The van der Waals surface area contributed by atoms with Crippen molar-refractivity contribution in [3.8, 4) is 11.5 Å². The molecule has 5 nitrogen and oxygen atoms in total. The number of benzene rings is 1. The summed E-state index contributed by atoms with van der Waals surface area (Å²) in [6.07, 6.45) is 0. The van der Waals surface area contributed by atoms with Gasteiger partial charge in [-0.15, -0.1) is 0 Å². The van der Waals surface area contributed by atoms with Gasteiger partial charge in [-0.2, -0.15) is 4.39 Å². The van der Waals surface area contributed by atoms with Crippen LogP contribution in [0.4, 0.5) is 8.78 Å². The molecular formula is C6H8BF2LiO5. The van der Waals surface area contributed by atoms with Crippen molar-refractivity contribution in [3.05, 3.63) is 23.8 Å². The molecule has 9 heteroatoms. The first-order chi connectivity index (χ1) is 6.36. The summed E-state index contributed by atoms with van der Waals surface area (Å²) >= 11 is 0. The summed E-state index contributed by atoms with van der Waals surface area (Å²) in [6.45, 7) is 0. The molecule has 0 fully saturated rings. The maximum atomic E-state index is 12.2. The Bertz CT molecular complexity index is 287. The van der Waals surface area contributed by atoms with Crippen LogP contribution in [0, 0.1) is 11.6 Å². The predicted octanol–water partition coefficient (Wildman–Crippen LogP) is -3.56. The molecule has 0 saturated heterocycles. The van der Waals surface area contributed by atoms with E-state index in [0.29, 0.717) is 0 Å². The zero-order valence-corrected chi connectivity index (χ0v) is 7.72. The van der Waals surface area contributed by atoms with Gasteiger partial charge >= 0.3 is 26.2 Å². The topological polar surface area (TPSA) is 101 Å². The summed E-state index contributed by atoms with van der Waals surface area (Å²) in [7, 11) is -2.17. The quantitative estimate of drug-likeness (QED) is 0.228. The monoisotopic (exact) mass is 216 g/mol. The first-order valence-electron chi connectivity index (χ1n) is 3.26. The normalized spacial score (nSPS) is 8.33. The van der Waals surface area contributed by atoms with Gasteiger partial charge in [0.15, 0.2) is 17.3 Å². The van der Waals surface area contributed by atoms with Gasteiger partial charge in [0.25, 0.3) is 0 Å². The standard InChI is InChI=1S/C6H4F2O2.BH3O3.Li.H/c7-3-1-2-4(9)6(10)5(3)8;2-1(3)4;;/h1-2,9-10H;2-4H;;/q;;+1;-1. The maximum Gasteiger partial charge on any atom is 1.00 e. The number of phenolic OH excluding ortho intramolecular Hbond substituents is 2. The third kappa shape index (κ3) is 6.33. The van der Waals surface area contributed by atoms with E-state index in [-0.39, 0.29) is 20.3 Å². The molecule has 0 aliphatic carbocycles. The molecule has 0 aliphatic heterocycles. The third-order valence-electron chi connectivity index (χ3n) is 1.05. The van der Waals surface area contributed by atoms with Gasteiger partial charge in [-0.05, 0) is 12.1 Å². The molecule has 1 aromatic rings. The first-order valence-corrected chi connectivity index (χ1v) is 3.26. The van der Waals surface area contributed by atoms with Crippen LogP contribution in [0.2, 0.25) is 0 Å². The molecule has 0 radical (unpaired) electrons. The molecular weight excluding hydrogens is 208 g/mol.